The third-order valence-corrected chi connectivity index (χ3v) is 3.88. The number of halogens is 1. The number of H-pyrrole nitrogens is 1. The fraction of sp³-hybridized carbons (Fsp3) is 0.188. The molecule has 2 heterocycles. The van der Waals surface area contributed by atoms with Crippen molar-refractivity contribution >= 4 is 23.2 Å². The zero-order chi connectivity index (χ0) is 16.6. The van der Waals surface area contributed by atoms with E-state index >= 15 is 0 Å². The van der Waals surface area contributed by atoms with Gasteiger partial charge in [-0.15, -0.1) is 0 Å². The predicted molar refractivity (Wildman–Crippen MR) is 86.7 cm³/mol. The average Bonchev–Trinajstić information content (AvgIpc) is 2.95. The number of fused-ring (bicyclic) bond motifs is 1. The molecule has 118 valence electrons. The van der Waals surface area contributed by atoms with Crippen LogP contribution in [0.2, 0.25) is 5.02 Å². The van der Waals surface area contributed by atoms with Crippen LogP contribution < -0.4 is 5.56 Å². The van der Waals surface area contributed by atoms with Crippen molar-refractivity contribution in [1.29, 1.82) is 0 Å². The lowest BCUT2D eigenvalue weighted by Crippen LogP contribution is -2.24. The molecule has 2 aromatic heterocycles. The summed E-state index contributed by atoms with van der Waals surface area (Å²) in [6, 6.07) is 7.30. The minimum Gasteiger partial charge on any atom is -0.469 e. The standard InChI is InChI=1S/C16H14ClN3O3/c1-9-12(7-14(21)23-2)16(22)20-15(19-9)13(8-18-20)10-4-3-5-11(17)6-10/h3-6,8,18H,7H2,1-2H3. The van der Waals surface area contributed by atoms with Gasteiger partial charge in [0.05, 0.1) is 19.1 Å². The molecule has 0 aliphatic carbocycles. The van der Waals surface area contributed by atoms with Crippen molar-refractivity contribution in [3.05, 3.63) is 57.1 Å². The molecule has 7 heteroatoms. The average molecular weight is 332 g/mol. The Kier molecular flexibility index (Phi) is 3.92. The van der Waals surface area contributed by atoms with Crippen molar-refractivity contribution in [2.45, 2.75) is 13.3 Å². The number of aryl methyl sites for hydroxylation is 1. The van der Waals surface area contributed by atoms with E-state index in [4.69, 9.17) is 11.6 Å². The Hall–Kier alpha value is -2.60. The van der Waals surface area contributed by atoms with Crippen LogP contribution in [0.15, 0.2) is 35.3 Å². The fourth-order valence-electron chi connectivity index (χ4n) is 2.44. The molecule has 3 aromatic rings. The number of benzene rings is 1. The Morgan fingerprint density at radius 3 is 2.91 bits per heavy atom. The van der Waals surface area contributed by atoms with Gasteiger partial charge in [-0.25, -0.2) is 9.50 Å². The first kappa shape index (κ1) is 15.3. The fourth-order valence-corrected chi connectivity index (χ4v) is 2.64. The van der Waals surface area contributed by atoms with Crippen LogP contribution in [0.1, 0.15) is 11.3 Å². The number of ether oxygens (including phenoxy) is 1. The van der Waals surface area contributed by atoms with Crippen LogP contribution >= 0.6 is 11.6 Å². The molecular formula is C16H14ClN3O3. The van der Waals surface area contributed by atoms with E-state index in [2.05, 4.69) is 14.8 Å². The minimum absolute atomic E-state index is 0.109. The van der Waals surface area contributed by atoms with Crippen LogP contribution in [-0.2, 0) is 16.0 Å². The third kappa shape index (κ3) is 2.73. The number of carbonyl (C=O) groups excluding carboxylic acids is 1. The Balaban J connectivity index is 2.19. The number of esters is 1. The lowest BCUT2D eigenvalue weighted by molar-refractivity contribution is -0.139. The normalized spacial score (nSPS) is 10.9. The van der Waals surface area contributed by atoms with Crippen molar-refractivity contribution in [2.24, 2.45) is 0 Å². The van der Waals surface area contributed by atoms with Gasteiger partial charge in [0, 0.05) is 22.5 Å². The first-order valence-corrected chi connectivity index (χ1v) is 7.31. The Morgan fingerprint density at radius 2 is 2.22 bits per heavy atom. The quantitative estimate of drug-likeness (QED) is 0.747. The third-order valence-electron chi connectivity index (χ3n) is 3.65. The van der Waals surface area contributed by atoms with Crippen molar-refractivity contribution in [2.75, 3.05) is 7.11 Å². The zero-order valence-electron chi connectivity index (χ0n) is 12.6. The molecule has 0 aliphatic heterocycles. The predicted octanol–water partition coefficient (Wildman–Crippen LogP) is 2.37. The highest BCUT2D eigenvalue weighted by molar-refractivity contribution is 6.30. The number of aromatic nitrogens is 3. The first-order chi connectivity index (χ1) is 11.0. The SMILES string of the molecule is COC(=O)Cc1c(C)nc2c(-c3cccc(Cl)c3)c[nH]n2c1=O. The van der Waals surface area contributed by atoms with Gasteiger partial charge in [0.1, 0.15) is 0 Å². The van der Waals surface area contributed by atoms with Gasteiger partial charge in [-0.2, -0.15) is 0 Å². The number of hydrogen-bond donors (Lipinski definition) is 1. The lowest BCUT2D eigenvalue weighted by atomic mass is 10.1. The second-order valence-electron chi connectivity index (χ2n) is 5.09. The molecule has 0 spiro atoms. The van der Waals surface area contributed by atoms with Crippen molar-refractivity contribution in [1.82, 2.24) is 14.6 Å². The molecule has 1 N–H and O–H groups in total. The van der Waals surface area contributed by atoms with Crippen LogP contribution in [0, 0.1) is 6.92 Å². The lowest BCUT2D eigenvalue weighted by Gasteiger charge is -2.05. The van der Waals surface area contributed by atoms with Gasteiger partial charge in [0.2, 0.25) is 0 Å². The molecule has 23 heavy (non-hydrogen) atoms. The van der Waals surface area contributed by atoms with Gasteiger partial charge >= 0.3 is 5.97 Å². The molecule has 0 aliphatic rings. The molecule has 0 saturated carbocycles. The largest absolute Gasteiger partial charge is 0.469 e. The van der Waals surface area contributed by atoms with Crippen LogP contribution in [0.4, 0.5) is 0 Å². The van der Waals surface area contributed by atoms with Crippen LogP contribution in [0.5, 0.6) is 0 Å². The van der Waals surface area contributed by atoms with Crippen LogP contribution in [0.25, 0.3) is 16.8 Å². The van der Waals surface area contributed by atoms with E-state index in [-0.39, 0.29) is 12.0 Å². The van der Waals surface area contributed by atoms with Crippen LogP contribution in [-0.4, -0.2) is 27.7 Å². The van der Waals surface area contributed by atoms with Gasteiger partial charge in [0.25, 0.3) is 5.56 Å². The number of hydrogen-bond acceptors (Lipinski definition) is 4. The molecule has 0 atom stereocenters. The van der Waals surface area contributed by atoms with Crippen molar-refractivity contribution in [3.8, 4) is 11.1 Å². The highest BCUT2D eigenvalue weighted by Gasteiger charge is 2.17. The topological polar surface area (TPSA) is 76.5 Å². The minimum atomic E-state index is -0.478. The zero-order valence-corrected chi connectivity index (χ0v) is 13.3. The van der Waals surface area contributed by atoms with Crippen LogP contribution in [0.3, 0.4) is 0 Å². The van der Waals surface area contributed by atoms with Gasteiger partial charge in [-0.3, -0.25) is 14.7 Å². The number of rotatable bonds is 3. The summed E-state index contributed by atoms with van der Waals surface area (Å²) in [5.74, 6) is -0.478. The number of aromatic amines is 1. The van der Waals surface area contributed by atoms with E-state index in [0.29, 0.717) is 21.9 Å². The Bertz CT molecular complexity index is 959. The van der Waals surface area contributed by atoms with E-state index in [0.717, 1.165) is 11.1 Å². The smallest absolute Gasteiger partial charge is 0.310 e. The maximum Gasteiger partial charge on any atom is 0.310 e. The highest BCUT2D eigenvalue weighted by Crippen LogP contribution is 2.25. The van der Waals surface area contributed by atoms with Gasteiger partial charge in [-0.1, -0.05) is 23.7 Å². The van der Waals surface area contributed by atoms with E-state index in [1.165, 1.54) is 11.6 Å². The monoisotopic (exact) mass is 331 g/mol. The summed E-state index contributed by atoms with van der Waals surface area (Å²) in [7, 11) is 1.28. The van der Waals surface area contributed by atoms with Gasteiger partial charge in [0.15, 0.2) is 5.65 Å². The maximum absolute atomic E-state index is 12.6. The second kappa shape index (κ2) is 5.89. The summed E-state index contributed by atoms with van der Waals surface area (Å²) >= 11 is 6.02. The summed E-state index contributed by atoms with van der Waals surface area (Å²) in [6.07, 6.45) is 1.58. The number of nitrogens with zero attached hydrogens (tertiary/aromatic N) is 2. The molecule has 3 rings (SSSR count). The molecular weight excluding hydrogens is 318 g/mol. The summed E-state index contributed by atoms with van der Waals surface area (Å²) < 4.78 is 5.95. The molecule has 6 nitrogen and oxygen atoms in total. The molecule has 0 fully saturated rings. The van der Waals surface area contributed by atoms with E-state index in [1.54, 1.807) is 25.3 Å². The molecule has 0 radical (unpaired) electrons. The maximum atomic E-state index is 12.6. The second-order valence-corrected chi connectivity index (χ2v) is 5.53. The van der Waals surface area contributed by atoms with Crippen molar-refractivity contribution < 1.29 is 9.53 Å². The molecule has 0 saturated heterocycles. The van der Waals surface area contributed by atoms with E-state index < -0.39 is 5.97 Å². The summed E-state index contributed by atoms with van der Waals surface area (Å²) in [4.78, 5) is 28.5. The molecule has 0 bridgehead atoms. The highest BCUT2D eigenvalue weighted by atomic mass is 35.5. The van der Waals surface area contributed by atoms with Gasteiger partial charge < -0.3 is 4.74 Å². The van der Waals surface area contributed by atoms with Gasteiger partial charge in [-0.05, 0) is 24.6 Å². The summed E-state index contributed by atoms with van der Waals surface area (Å²) in [5, 5.41) is 3.48. The van der Waals surface area contributed by atoms with Crippen molar-refractivity contribution in [3.63, 3.8) is 0 Å². The van der Waals surface area contributed by atoms with E-state index in [1.807, 2.05) is 12.1 Å². The summed E-state index contributed by atoms with van der Waals surface area (Å²) in [6.45, 7) is 1.70. The first-order valence-electron chi connectivity index (χ1n) is 6.93. The molecule has 0 unspecified atom stereocenters. The Morgan fingerprint density at radius 1 is 1.43 bits per heavy atom. The number of nitrogens with one attached hydrogen (secondary N) is 1. The molecule has 0 amide bonds. The van der Waals surface area contributed by atoms with E-state index in [9.17, 15) is 9.59 Å². The number of methoxy groups -OCH3 is 1. The number of carbonyl (C=O) groups is 1. The Labute approximate surface area is 136 Å². The summed E-state index contributed by atoms with van der Waals surface area (Å²) in [5.41, 5.74) is 2.60. The molecule has 1 aromatic carbocycles.